The van der Waals surface area contributed by atoms with E-state index in [-0.39, 0.29) is 6.04 Å². The summed E-state index contributed by atoms with van der Waals surface area (Å²) in [5, 5.41) is 22.4. The smallest absolute Gasteiger partial charge is 0.0995 e. The highest BCUT2D eigenvalue weighted by Gasteiger charge is 2.34. The molecule has 1 fully saturated rings. The molecule has 0 saturated carbocycles. The Balaban J connectivity index is 1.62. The van der Waals surface area contributed by atoms with Crippen LogP contribution >= 0.6 is 34.8 Å². The summed E-state index contributed by atoms with van der Waals surface area (Å²) in [7, 11) is 0. The van der Waals surface area contributed by atoms with Gasteiger partial charge in [0.1, 0.15) is 0 Å². The van der Waals surface area contributed by atoms with E-state index in [4.69, 9.17) is 34.8 Å². The SMILES string of the molecule is C[C@](O)(CN1CCN(c2ccc(Cl)cc2Cl)[C@H](c2ccc(Cl)cc2)C1)c1cccc(C#N)c1. The number of benzene rings is 3. The van der Waals surface area contributed by atoms with E-state index >= 15 is 0 Å². The lowest BCUT2D eigenvalue weighted by Crippen LogP contribution is -2.52. The van der Waals surface area contributed by atoms with Crippen molar-refractivity contribution in [1.29, 1.82) is 5.26 Å². The van der Waals surface area contributed by atoms with Crippen LogP contribution in [0.3, 0.4) is 0 Å². The lowest BCUT2D eigenvalue weighted by atomic mass is 9.92. The van der Waals surface area contributed by atoms with E-state index in [9.17, 15) is 10.4 Å². The molecule has 1 aliphatic rings. The number of aliphatic hydroxyl groups is 1. The average Bonchev–Trinajstić information content (AvgIpc) is 2.80. The van der Waals surface area contributed by atoms with Gasteiger partial charge in [0, 0.05) is 36.2 Å². The summed E-state index contributed by atoms with van der Waals surface area (Å²) in [5.74, 6) is 0. The van der Waals surface area contributed by atoms with Crippen LogP contribution in [-0.2, 0) is 5.60 Å². The van der Waals surface area contributed by atoms with Crippen LogP contribution in [-0.4, -0.2) is 36.2 Å². The summed E-state index contributed by atoms with van der Waals surface area (Å²) in [6.45, 7) is 4.39. The normalized spacial score (nSPS) is 18.5. The summed E-state index contributed by atoms with van der Waals surface area (Å²) in [4.78, 5) is 4.53. The Morgan fingerprint density at radius 2 is 1.73 bits per heavy atom. The minimum Gasteiger partial charge on any atom is -0.384 e. The third-order valence-electron chi connectivity index (χ3n) is 6.08. The number of nitriles is 1. The molecule has 0 unspecified atom stereocenters. The molecule has 170 valence electrons. The quantitative estimate of drug-likeness (QED) is 0.447. The molecule has 1 saturated heterocycles. The Labute approximate surface area is 209 Å². The summed E-state index contributed by atoms with van der Waals surface area (Å²) >= 11 is 18.8. The molecule has 0 amide bonds. The van der Waals surface area contributed by atoms with Gasteiger partial charge in [-0.15, -0.1) is 0 Å². The molecule has 0 aromatic heterocycles. The Kier molecular flexibility index (Phi) is 7.19. The third kappa shape index (κ3) is 5.46. The number of hydrogen-bond acceptors (Lipinski definition) is 4. The standard InChI is InChI=1S/C26H24Cl3N3O/c1-26(33,20-4-2-3-18(13-20)15-30)17-31-11-12-32(24-10-9-22(28)14-23(24)29)25(16-31)19-5-7-21(27)8-6-19/h2-10,13-14,25,33H,11-12,16-17H2,1H3/t25-,26-/m0/s1. The van der Waals surface area contributed by atoms with Crippen LogP contribution in [0.15, 0.2) is 66.7 Å². The monoisotopic (exact) mass is 499 g/mol. The molecule has 4 rings (SSSR count). The maximum Gasteiger partial charge on any atom is 0.0995 e. The molecular weight excluding hydrogens is 477 g/mol. The Morgan fingerprint density at radius 1 is 1.00 bits per heavy atom. The zero-order valence-electron chi connectivity index (χ0n) is 18.2. The molecule has 33 heavy (non-hydrogen) atoms. The molecule has 0 spiro atoms. The fourth-order valence-corrected chi connectivity index (χ4v) is 5.05. The maximum atomic E-state index is 11.3. The first-order valence-electron chi connectivity index (χ1n) is 10.7. The second kappa shape index (κ2) is 9.93. The van der Waals surface area contributed by atoms with Gasteiger partial charge >= 0.3 is 0 Å². The molecule has 3 aromatic carbocycles. The van der Waals surface area contributed by atoms with Gasteiger partial charge in [-0.25, -0.2) is 0 Å². The van der Waals surface area contributed by atoms with E-state index in [0.717, 1.165) is 29.9 Å². The van der Waals surface area contributed by atoms with Gasteiger partial charge < -0.3 is 10.0 Å². The Hall–Kier alpha value is -2.26. The second-order valence-corrected chi connectivity index (χ2v) is 9.84. The number of rotatable bonds is 5. The topological polar surface area (TPSA) is 50.5 Å². The van der Waals surface area contributed by atoms with Gasteiger partial charge in [0.15, 0.2) is 0 Å². The van der Waals surface area contributed by atoms with Crippen LogP contribution in [0.4, 0.5) is 5.69 Å². The van der Waals surface area contributed by atoms with E-state index in [1.807, 2.05) is 42.5 Å². The van der Waals surface area contributed by atoms with E-state index in [2.05, 4.69) is 15.9 Å². The van der Waals surface area contributed by atoms with Gasteiger partial charge in [0.2, 0.25) is 0 Å². The van der Waals surface area contributed by atoms with Crippen LogP contribution < -0.4 is 4.90 Å². The molecule has 0 radical (unpaired) electrons. The van der Waals surface area contributed by atoms with Crippen molar-refractivity contribution in [3.05, 3.63) is 98.5 Å². The number of halogens is 3. The van der Waals surface area contributed by atoms with Crippen molar-refractivity contribution in [3.8, 4) is 6.07 Å². The molecule has 3 aromatic rings. The first-order valence-corrected chi connectivity index (χ1v) is 11.8. The molecule has 2 atom stereocenters. The lowest BCUT2D eigenvalue weighted by molar-refractivity contribution is 0.0103. The molecule has 1 N–H and O–H groups in total. The van der Waals surface area contributed by atoms with Gasteiger partial charge in [-0.3, -0.25) is 4.90 Å². The van der Waals surface area contributed by atoms with Crippen LogP contribution in [0.25, 0.3) is 0 Å². The van der Waals surface area contributed by atoms with E-state index in [0.29, 0.717) is 33.7 Å². The van der Waals surface area contributed by atoms with E-state index in [1.165, 1.54) is 0 Å². The van der Waals surface area contributed by atoms with Crippen LogP contribution in [0.5, 0.6) is 0 Å². The Morgan fingerprint density at radius 3 is 2.42 bits per heavy atom. The molecule has 1 heterocycles. The molecule has 4 nitrogen and oxygen atoms in total. The van der Waals surface area contributed by atoms with Crippen molar-refractivity contribution in [2.75, 3.05) is 31.1 Å². The average molecular weight is 501 g/mol. The minimum atomic E-state index is -1.10. The highest BCUT2D eigenvalue weighted by Crippen LogP contribution is 2.37. The first-order chi connectivity index (χ1) is 15.8. The van der Waals surface area contributed by atoms with Crippen LogP contribution in [0.1, 0.15) is 29.7 Å². The fraction of sp³-hybridized carbons (Fsp3) is 0.269. The predicted octanol–water partition coefficient (Wildman–Crippen LogP) is 6.29. The predicted molar refractivity (Wildman–Crippen MR) is 135 cm³/mol. The van der Waals surface area contributed by atoms with Crippen LogP contribution in [0, 0.1) is 11.3 Å². The Bertz CT molecular complexity index is 1170. The minimum absolute atomic E-state index is 0.0101. The maximum absolute atomic E-state index is 11.3. The van der Waals surface area contributed by atoms with Gasteiger partial charge in [-0.1, -0.05) is 59.1 Å². The highest BCUT2D eigenvalue weighted by molar-refractivity contribution is 6.36. The zero-order chi connectivity index (χ0) is 23.6. The molecule has 0 bridgehead atoms. The van der Waals surface area contributed by atoms with Crippen LogP contribution in [0.2, 0.25) is 15.1 Å². The summed E-state index contributed by atoms with van der Waals surface area (Å²) in [5.41, 5.74) is 2.20. The van der Waals surface area contributed by atoms with Crippen molar-refractivity contribution in [1.82, 2.24) is 4.90 Å². The lowest BCUT2D eigenvalue weighted by Gasteiger charge is -2.45. The highest BCUT2D eigenvalue weighted by atomic mass is 35.5. The molecular formula is C26H24Cl3N3O. The largest absolute Gasteiger partial charge is 0.384 e. The second-order valence-electron chi connectivity index (χ2n) is 8.56. The number of anilines is 1. The van der Waals surface area contributed by atoms with E-state index < -0.39 is 5.60 Å². The summed E-state index contributed by atoms with van der Waals surface area (Å²) in [6.07, 6.45) is 0. The number of nitrogens with zero attached hydrogens (tertiary/aromatic N) is 3. The summed E-state index contributed by atoms with van der Waals surface area (Å²) < 4.78 is 0. The van der Waals surface area contributed by atoms with E-state index in [1.54, 1.807) is 31.2 Å². The van der Waals surface area contributed by atoms with Gasteiger partial charge in [-0.2, -0.15) is 5.26 Å². The zero-order valence-corrected chi connectivity index (χ0v) is 20.4. The number of hydrogen-bond donors (Lipinski definition) is 1. The third-order valence-corrected chi connectivity index (χ3v) is 6.87. The van der Waals surface area contributed by atoms with Crippen molar-refractivity contribution < 1.29 is 5.11 Å². The number of piperazine rings is 1. The van der Waals surface area contributed by atoms with Gasteiger partial charge in [0.05, 0.1) is 34.0 Å². The van der Waals surface area contributed by atoms with Crippen molar-refractivity contribution in [2.45, 2.75) is 18.6 Å². The van der Waals surface area contributed by atoms with Gasteiger partial charge in [-0.05, 0) is 60.5 Å². The fourth-order valence-electron chi connectivity index (χ4n) is 4.41. The van der Waals surface area contributed by atoms with Crippen molar-refractivity contribution in [2.24, 2.45) is 0 Å². The number of β-amino-alcohol motifs (C(OH)–C–C–N with tert-alkyl or cyclic N) is 1. The molecule has 7 heteroatoms. The molecule has 1 aliphatic heterocycles. The van der Waals surface area contributed by atoms with Crippen molar-refractivity contribution in [3.63, 3.8) is 0 Å². The van der Waals surface area contributed by atoms with Crippen molar-refractivity contribution >= 4 is 40.5 Å². The molecule has 0 aliphatic carbocycles. The first kappa shape index (κ1) is 23.9. The summed E-state index contributed by atoms with van der Waals surface area (Å²) in [6, 6.07) is 22.7. The van der Waals surface area contributed by atoms with Gasteiger partial charge in [0.25, 0.3) is 0 Å².